The predicted octanol–water partition coefficient (Wildman–Crippen LogP) is 3.40. The van der Waals surface area contributed by atoms with E-state index in [9.17, 15) is 0 Å². The summed E-state index contributed by atoms with van der Waals surface area (Å²) in [4.78, 5) is 0. The Labute approximate surface area is 120 Å². The Morgan fingerprint density at radius 1 is 0.850 bits per heavy atom. The van der Waals surface area contributed by atoms with Crippen LogP contribution in [0.15, 0.2) is 12.1 Å². The summed E-state index contributed by atoms with van der Waals surface area (Å²) in [6, 6.07) is 8.26. The van der Waals surface area contributed by atoms with E-state index in [2.05, 4.69) is 12.1 Å². The Kier molecular flexibility index (Phi) is 7.00. The number of hydrogen-bond acceptors (Lipinski definition) is 4. The molecule has 1 aromatic carbocycles. The molecule has 0 aliphatic heterocycles. The fourth-order valence-corrected chi connectivity index (χ4v) is 2.13. The summed E-state index contributed by atoms with van der Waals surface area (Å²) in [7, 11) is 3.29. The zero-order chi connectivity index (χ0) is 14.8. The summed E-state index contributed by atoms with van der Waals surface area (Å²) in [6.07, 6.45) is 4.29. The van der Waals surface area contributed by atoms with Crippen molar-refractivity contribution in [2.75, 3.05) is 14.2 Å². The average Bonchev–Trinajstić information content (AvgIpc) is 2.48. The molecule has 4 nitrogen and oxygen atoms in total. The van der Waals surface area contributed by atoms with E-state index in [0.29, 0.717) is 12.8 Å². The van der Waals surface area contributed by atoms with Gasteiger partial charge in [0.15, 0.2) is 0 Å². The van der Waals surface area contributed by atoms with E-state index in [-0.39, 0.29) is 0 Å². The minimum absolute atomic E-state index is 0.537. The van der Waals surface area contributed by atoms with Gasteiger partial charge in [0.2, 0.25) is 0 Å². The Morgan fingerprint density at radius 3 is 1.55 bits per heavy atom. The highest BCUT2D eigenvalue weighted by Crippen LogP contribution is 2.31. The molecule has 1 aromatic rings. The van der Waals surface area contributed by atoms with Crippen molar-refractivity contribution < 1.29 is 9.47 Å². The quantitative estimate of drug-likeness (QED) is 0.680. The van der Waals surface area contributed by atoms with Gasteiger partial charge in [-0.2, -0.15) is 10.5 Å². The molecule has 0 aromatic heterocycles. The minimum Gasteiger partial charge on any atom is -0.496 e. The van der Waals surface area contributed by atoms with Crippen LogP contribution in [0.25, 0.3) is 0 Å². The van der Waals surface area contributed by atoms with Crippen molar-refractivity contribution in [1.82, 2.24) is 0 Å². The summed E-state index contributed by atoms with van der Waals surface area (Å²) >= 11 is 0. The first-order valence-electron chi connectivity index (χ1n) is 6.74. The molecule has 4 heteroatoms. The third-order valence-corrected chi connectivity index (χ3v) is 3.15. The van der Waals surface area contributed by atoms with Crippen LogP contribution in [0.2, 0.25) is 0 Å². The highest BCUT2D eigenvalue weighted by molar-refractivity contribution is 5.46. The Bertz CT molecular complexity index is 465. The van der Waals surface area contributed by atoms with Crippen LogP contribution in [0.5, 0.6) is 11.5 Å². The fraction of sp³-hybridized carbons (Fsp3) is 0.500. The van der Waals surface area contributed by atoms with Gasteiger partial charge in [-0.1, -0.05) is 0 Å². The van der Waals surface area contributed by atoms with Crippen LogP contribution in [0.1, 0.15) is 36.8 Å². The molecule has 0 saturated heterocycles. The van der Waals surface area contributed by atoms with Crippen molar-refractivity contribution >= 4 is 0 Å². The number of unbranched alkanes of at least 4 members (excludes halogenated alkanes) is 2. The average molecular weight is 272 g/mol. The van der Waals surface area contributed by atoms with Crippen LogP contribution in [0, 0.1) is 22.7 Å². The highest BCUT2D eigenvalue weighted by Gasteiger charge is 2.11. The molecular formula is C16H20N2O2. The highest BCUT2D eigenvalue weighted by atomic mass is 16.5. The summed E-state index contributed by atoms with van der Waals surface area (Å²) in [6.45, 7) is 0. The largest absolute Gasteiger partial charge is 0.496 e. The van der Waals surface area contributed by atoms with E-state index in [4.69, 9.17) is 20.0 Å². The van der Waals surface area contributed by atoms with Crippen LogP contribution in [-0.4, -0.2) is 14.2 Å². The lowest BCUT2D eigenvalue weighted by Gasteiger charge is -2.14. The maximum atomic E-state index is 8.60. The molecule has 0 fully saturated rings. The first-order chi connectivity index (χ1) is 9.76. The Balaban J connectivity index is 2.92. The fourth-order valence-electron chi connectivity index (χ4n) is 2.13. The molecule has 0 bridgehead atoms. The Morgan fingerprint density at radius 2 is 1.25 bits per heavy atom. The summed E-state index contributed by atoms with van der Waals surface area (Å²) in [5, 5.41) is 17.2. The van der Waals surface area contributed by atoms with E-state index < -0.39 is 0 Å². The van der Waals surface area contributed by atoms with Crippen LogP contribution in [-0.2, 0) is 12.8 Å². The van der Waals surface area contributed by atoms with E-state index in [0.717, 1.165) is 48.3 Å². The van der Waals surface area contributed by atoms with Gasteiger partial charge in [-0.05, 0) is 48.9 Å². The summed E-state index contributed by atoms with van der Waals surface area (Å²) < 4.78 is 10.8. The van der Waals surface area contributed by atoms with Gasteiger partial charge in [0.1, 0.15) is 11.5 Å². The topological polar surface area (TPSA) is 66.0 Å². The van der Waals surface area contributed by atoms with Gasteiger partial charge in [-0.25, -0.2) is 0 Å². The molecule has 0 heterocycles. The van der Waals surface area contributed by atoms with Gasteiger partial charge >= 0.3 is 0 Å². The molecule has 0 aliphatic carbocycles. The predicted molar refractivity (Wildman–Crippen MR) is 76.6 cm³/mol. The molecule has 0 aliphatic rings. The second kappa shape index (κ2) is 8.82. The van der Waals surface area contributed by atoms with Crippen LogP contribution in [0.4, 0.5) is 0 Å². The van der Waals surface area contributed by atoms with Gasteiger partial charge in [0.25, 0.3) is 0 Å². The Hall–Kier alpha value is -2.20. The number of aryl methyl sites for hydroxylation is 2. The molecule has 0 radical (unpaired) electrons. The lowest BCUT2D eigenvalue weighted by molar-refractivity contribution is 0.394. The normalized spacial score (nSPS) is 9.60. The third-order valence-electron chi connectivity index (χ3n) is 3.15. The smallest absolute Gasteiger partial charge is 0.122 e. The van der Waals surface area contributed by atoms with Crippen molar-refractivity contribution in [2.24, 2.45) is 0 Å². The van der Waals surface area contributed by atoms with Gasteiger partial charge in [0.05, 0.1) is 26.4 Å². The SMILES string of the molecule is COc1cc(CCCC#N)c(OC)cc1CCCC#N. The van der Waals surface area contributed by atoms with Gasteiger partial charge in [-0.3, -0.25) is 0 Å². The van der Waals surface area contributed by atoms with Crippen molar-refractivity contribution in [3.05, 3.63) is 23.3 Å². The molecule has 0 unspecified atom stereocenters. The standard InChI is InChI=1S/C16H20N2O2/c1-19-15-11-14(8-4-6-10-18)16(20-2)12-13(15)7-3-5-9-17/h11-12H,3-8H2,1-2H3. The first kappa shape index (κ1) is 15.9. The minimum atomic E-state index is 0.537. The molecule has 0 atom stereocenters. The van der Waals surface area contributed by atoms with Crippen molar-refractivity contribution in [1.29, 1.82) is 10.5 Å². The number of nitriles is 2. The van der Waals surface area contributed by atoms with Crippen LogP contribution >= 0.6 is 0 Å². The van der Waals surface area contributed by atoms with E-state index in [1.165, 1.54) is 0 Å². The molecule has 1 rings (SSSR count). The molecule has 106 valence electrons. The number of benzene rings is 1. The summed E-state index contributed by atoms with van der Waals surface area (Å²) in [5.41, 5.74) is 2.12. The van der Waals surface area contributed by atoms with Gasteiger partial charge in [-0.15, -0.1) is 0 Å². The lowest BCUT2D eigenvalue weighted by atomic mass is 10.0. The second-order valence-electron chi connectivity index (χ2n) is 4.50. The van der Waals surface area contributed by atoms with E-state index in [1.807, 2.05) is 12.1 Å². The molecular weight excluding hydrogens is 252 g/mol. The first-order valence-corrected chi connectivity index (χ1v) is 6.74. The molecule has 0 saturated carbocycles. The number of ether oxygens (including phenoxy) is 2. The maximum absolute atomic E-state index is 8.60. The van der Waals surface area contributed by atoms with Gasteiger partial charge < -0.3 is 9.47 Å². The zero-order valence-corrected chi connectivity index (χ0v) is 12.1. The maximum Gasteiger partial charge on any atom is 0.122 e. The monoisotopic (exact) mass is 272 g/mol. The molecule has 0 N–H and O–H groups in total. The number of methoxy groups -OCH3 is 2. The second-order valence-corrected chi connectivity index (χ2v) is 4.50. The van der Waals surface area contributed by atoms with Crippen molar-refractivity contribution in [3.8, 4) is 23.6 Å². The lowest BCUT2D eigenvalue weighted by Crippen LogP contribution is -1.99. The molecule has 20 heavy (non-hydrogen) atoms. The number of nitrogens with zero attached hydrogens (tertiary/aromatic N) is 2. The van der Waals surface area contributed by atoms with E-state index in [1.54, 1.807) is 14.2 Å². The molecule has 0 spiro atoms. The third kappa shape index (κ3) is 4.48. The zero-order valence-electron chi connectivity index (χ0n) is 12.1. The molecule has 0 amide bonds. The summed E-state index contributed by atoms with van der Waals surface area (Å²) in [5.74, 6) is 1.66. The van der Waals surface area contributed by atoms with Crippen LogP contribution < -0.4 is 9.47 Å². The van der Waals surface area contributed by atoms with Crippen molar-refractivity contribution in [3.63, 3.8) is 0 Å². The van der Waals surface area contributed by atoms with Gasteiger partial charge in [0, 0.05) is 12.8 Å². The van der Waals surface area contributed by atoms with Crippen molar-refractivity contribution in [2.45, 2.75) is 38.5 Å². The number of rotatable bonds is 8. The van der Waals surface area contributed by atoms with Crippen LogP contribution in [0.3, 0.4) is 0 Å². The van der Waals surface area contributed by atoms with E-state index >= 15 is 0 Å². The number of hydrogen-bond donors (Lipinski definition) is 0.